The molecule has 1 aromatic rings. The third-order valence-electron chi connectivity index (χ3n) is 5.23. The van der Waals surface area contributed by atoms with E-state index in [0.717, 1.165) is 0 Å². The van der Waals surface area contributed by atoms with Crippen LogP contribution in [-0.2, 0) is 23.2 Å². The molecular weight excluding hydrogens is 470 g/mol. The second-order valence-electron chi connectivity index (χ2n) is 6.61. The Balaban J connectivity index is 0.00000132. The van der Waals surface area contributed by atoms with Crippen molar-refractivity contribution in [3.05, 3.63) is 59.9 Å². The van der Waals surface area contributed by atoms with Gasteiger partial charge in [-0.25, -0.2) is 0 Å². The average Bonchev–Trinajstić information content (AvgIpc) is 2.83. The van der Waals surface area contributed by atoms with Crippen molar-refractivity contribution in [1.82, 2.24) is 0 Å². The van der Waals surface area contributed by atoms with Crippen LogP contribution in [0.3, 0.4) is 0 Å². The van der Waals surface area contributed by atoms with Crippen LogP contribution < -0.4 is 24.8 Å². The number of hydrogen-bond acceptors (Lipinski definition) is 0. The first-order valence-electron chi connectivity index (χ1n) is 7.46. The monoisotopic (exact) mass is 488 g/mol. The summed E-state index contributed by atoms with van der Waals surface area (Å²) < 4.78 is 3.81. The number of allylic oxidation sites excluding steroid dienone is 5. The Morgan fingerprint density at radius 3 is 2.17 bits per heavy atom. The molecule has 0 fully saturated rings. The van der Waals surface area contributed by atoms with Crippen molar-refractivity contribution in [1.29, 1.82) is 0 Å². The van der Waals surface area contributed by atoms with E-state index in [-0.39, 0.29) is 30.2 Å². The second kappa shape index (κ2) is 7.73. The summed E-state index contributed by atoms with van der Waals surface area (Å²) in [5.74, 6) is 0. The zero-order chi connectivity index (χ0) is 15.4. The molecule has 0 heterocycles. The molecule has 1 unspecified atom stereocenters. The third kappa shape index (κ3) is 3.52. The van der Waals surface area contributed by atoms with Crippen molar-refractivity contribution in [2.24, 2.45) is 5.41 Å². The number of fused-ring (bicyclic) bond motifs is 1. The minimum atomic E-state index is -0.720. The molecule has 3 rings (SSSR count). The van der Waals surface area contributed by atoms with E-state index in [1.54, 1.807) is 14.4 Å². The number of rotatable bonds is 2. The maximum Gasteiger partial charge on any atom is -1.00 e. The number of hydrogen-bond donors (Lipinski definition) is 0. The summed E-state index contributed by atoms with van der Waals surface area (Å²) in [7, 11) is 0. The van der Waals surface area contributed by atoms with E-state index in [2.05, 4.69) is 80.9 Å². The fourth-order valence-corrected chi connectivity index (χ4v) is 9.25. The van der Waals surface area contributed by atoms with Gasteiger partial charge >= 0.3 is 149 Å². The molecule has 0 bridgehead atoms. The van der Waals surface area contributed by atoms with Crippen molar-refractivity contribution < 1.29 is 48.0 Å². The number of benzene rings is 1. The predicted octanol–water partition coefficient (Wildman–Crippen LogP) is 0.218. The maximum absolute atomic E-state index is 3.85. The Kier molecular flexibility index (Phi) is 7.20. The second-order valence-corrected chi connectivity index (χ2v) is 10.9. The van der Waals surface area contributed by atoms with E-state index in [1.165, 1.54) is 21.2 Å². The van der Waals surface area contributed by atoms with E-state index in [0.29, 0.717) is 3.63 Å². The van der Waals surface area contributed by atoms with Gasteiger partial charge in [0.25, 0.3) is 0 Å². The van der Waals surface area contributed by atoms with Gasteiger partial charge in [0.2, 0.25) is 0 Å². The Labute approximate surface area is 172 Å². The van der Waals surface area contributed by atoms with Crippen LogP contribution in [-0.4, -0.2) is 0 Å². The average molecular weight is 491 g/mol. The summed E-state index contributed by atoms with van der Waals surface area (Å²) >= 11 is 3.13. The van der Waals surface area contributed by atoms with E-state index in [4.69, 9.17) is 0 Å². The first-order chi connectivity index (χ1) is 9.84. The van der Waals surface area contributed by atoms with Crippen molar-refractivity contribution in [2.75, 3.05) is 0 Å². The van der Waals surface area contributed by atoms with Crippen LogP contribution in [0.4, 0.5) is 0 Å². The molecule has 0 N–H and O–H groups in total. The Bertz CT molecular complexity index is 714. The van der Waals surface area contributed by atoms with E-state index < -0.39 is 23.2 Å². The van der Waals surface area contributed by atoms with E-state index in [9.17, 15) is 0 Å². The molecule has 23 heavy (non-hydrogen) atoms. The van der Waals surface area contributed by atoms with Gasteiger partial charge in [0.1, 0.15) is 0 Å². The summed E-state index contributed by atoms with van der Waals surface area (Å²) in [5, 5.41) is 0. The minimum absolute atomic E-state index is 0. The molecule has 4 heteroatoms. The quantitative estimate of drug-likeness (QED) is 0.556. The van der Waals surface area contributed by atoms with Crippen LogP contribution in [0.1, 0.15) is 49.4 Å². The smallest absolute Gasteiger partial charge is 1.00 e. The molecule has 0 saturated heterocycles. The molecule has 2 aliphatic rings. The fraction of sp³-hybridized carbons (Fsp3) is 0.368. The molecule has 0 radical (unpaired) electrons. The third-order valence-corrected chi connectivity index (χ3v) is 12.4. The SMILES string of the molecule is CC1=C(C)C(C)(C)[C]([Zr+2][CH]2C(Br)=Cc3ccccc32)=C1C.[Cl-].[Cl-]. The van der Waals surface area contributed by atoms with Gasteiger partial charge in [-0.15, -0.1) is 0 Å². The van der Waals surface area contributed by atoms with Gasteiger partial charge in [-0.1, -0.05) is 0 Å². The molecule has 0 aromatic heterocycles. The van der Waals surface area contributed by atoms with E-state index in [1.807, 2.05) is 0 Å². The molecule has 0 saturated carbocycles. The van der Waals surface area contributed by atoms with Gasteiger partial charge in [0.15, 0.2) is 0 Å². The van der Waals surface area contributed by atoms with Gasteiger partial charge in [0.05, 0.1) is 0 Å². The van der Waals surface area contributed by atoms with E-state index >= 15 is 0 Å². The summed E-state index contributed by atoms with van der Waals surface area (Å²) in [6.07, 6.45) is 2.33. The van der Waals surface area contributed by atoms with Crippen LogP contribution in [0, 0.1) is 5.41 Å². The molecule has 0 spiro atoms. The zero-order valence-corrected chi connectivity index (χ0v) is 19.7. The Hall–Kier alpha value is 0.383. The summed E-state index contributed by atoms with van der Waals surface area (Å²) in [4.78, 5) is 0. The van der Waals surface area contributed by atoms with Crippen LogP contribution >= 0.6 is 15.9 Å². The molecule has 0 amide bonds. The van der Waals surface area contributed by atoms with Crippen LogP contribution in [0.25, 0.3) is 6.08 Å². The zero-order valence-electron chi connectivity index (χ0n) is 14.1. The molecule has 1 aromatic carbocycles. The summed E-state index contributed by atoms with van der Waals surface area (Å²) in [5.41, 5.74) is 7.89. The normalized spacial score (nSPS) is 21.3. The summed E-state index contributed by atoms with van der Waals surface area (Å²) in [6.45, 7) is 11.8. The van der Waals surface area contributed by atoms with Crippen molar-refractivity contribution in [3.63, 3.8) is 0 Å². The number of halogens is 3. The first-order valence-corrected chi connectivity index (χ1v) is 10.9. The maximum atomic E-state index is 3.85. The van der Waals surface area contributed by atoms with Crippen LogP contribution in [0.15, 0.2) is 48.7 Å². The summed E-state index contributed by atoms with van der Waals surface area (Å²) in [6, 6.07) is 8.88. The molecule has 1 atom stereocenters. The minimum Gasteiger partial charge on any atom is -1.00 e. The molecule has 2 aliphatic carbocycles. The molecule has 122 valence electrons. The van der Waals surface area contributed by atoms with Gasteiger partial charge < -0.3 is 24.8 Å². The molecular formula is C19H21BrCl2Zr. The molecule has 0 nitrogen and oxygen atoms in total. The predicted molar refractivity (Wildman–Crippen MR) is 90.9 cm³/mol. The van der Waals surface area contributed by atoms with Crippen LogP contribution in [0.5, 0.6) is 0 Å². The fourth-order valence-electron chi connectivity index (χ4n) is 3.46. The largest absolute Gasteiger partial charge is 1.00 e. The Morgan fingerprint density at radius 2 is 1.61 bits per heavy atom. The first kappa shape index (κ1) is 21.4. The van der Waals surface area contributed by atoms with Gasteiger partial charge in [-0.3, -0.25) is 0 Å². The van der Waals surface area contributed by atoms with Gasteiger partial charge in [-0.2, -0.15) is 0 Å². The standard InChI is InChI=1S/C10H15.C9H6Br.2ClH.Zr/c1-7-6-10(4,5)9(3)8(7)2;10-9-5-7-3-1-2-4-8(7)6-9;;;/h1-5H3;1-6H;2*1H;/q;;;;+2/p-2. The van der Waals surface area contributed by atoms with Crippen molar-refractivity contribution in [3.8, 4) is 0 Å². The molecule has 0 aliphatic heterocycles. The van der Waals surface area contributed by atoms with Gasteiger partial charge in [0, 0.05) is 0 Å². The van der Waals surface area contributed by atoms with Crippen molar-refractivity contribution in [2.45, 2.75) is 38.2 Å². The van der Waals surface area contributed by atoms with Crippen LogP contribution in [0.2, 0.25) is 0 Å². The Morgan fingerprint density at radius 1 is 1.00 bits per heavy atom. The van der Waals surface area contributed by atoms with Crippen molar-refractivity contribution >= 4 is 22.0 Å². The topological polar surface area (TPSA) is 0 Å². The van der Waals surface area contributed by atoms with Gasteiger partial charge in [-0.05, 0) is 0 Å².